The fourth-order valence-electron chi connectivity index (χ4n) is 13.0. The number of aliphatic hydroxyl groups excluding tert-OH is 8. The van der Waals surface area contributed by atoms with E-state index < -0.39 is 86.8 Å². The Hall–Kier alpha value is -1.53. The first-order valence-corrected chi connectivity index (χ1v) is 38.6. The maximum Gasteiger partial charge on any atom is 0.220 e. The van der Waals surface area contributed by atoms with Crippen LogP contribution in [0.3, 0.4) is 0 Å². The highest BCUT2D eigenvalue weighted by Gasteiger charge is 2.51. The van der Waals surface area contributed by atoms with Gasteiger partial charge in [-0.3, -0.25) is 4.79 Å². The summed E-state index contributed by atoms with van der Waals surface area (Å²) >= 11 is 0. The van der Waals surface area contributed by atoms with Gasteiger partial charge in [-0.1, -0.05) is 346 Å². The van der Waals surface area contributed by atoms with Crippen molar-refractivity contribution in [2.75, 3.05) is 19.8 Å². The molecule has 12 atom stereocenters. The third-order valence-corrected chi connectivity index (χ3v) is 19.1. The highest BCUT2D eigenvalue weighted by Crippen LogP contribution is 2.30. The van der Waals surface area contributed by atoms with Crippen molar-refractivity contribution < 1.29 is 64.6 Å². The maximum absolute atomic E-state index is 13.3. The summed E-state index contributed by atoms with van der Waals surface area (Å²) in [5, 5.41) is 87.4. The van der Waals surface area contributed by atoms with E-state index in [1.165, 1.54) is 295 Å². The van der Waals surface area contributed by atoms with E-state index in [1.54, 1.807) is 6.08 Å². The van der Waals surface area contributed by atoms with Gasteiger partial charge in [0, 0.05) is 6.42 Å². The number of carbonyl (C=O) groups is 1. The van der Waals surface area contributed by atoms with Crippen LogP contribution in [-0.4, -0.2) is 140 Å². The van der Waals surface area contributed by atoms with E-state index in [9.17, 15) is 45.6 Å². The first-order valence-electron chi connectivity index (χ1n) is 38.6. The van der Waals surface area contributed by atoms with Crippen LogP contribution in [0.15, 0.2) is 24.3 Å². The minimum Gasteiger partial charge on any atom is -0.394 e. The van der Waals surface area contributed by atoms with E-state index >= 15 is 0 Å². The lowest BCUT2D eigenvalue weighted by atomic mass is 9.97. The zero-order valence-corrected chi connectivity index (χ0v) is 58.2. The minimum atomic E-state index is -1.79. The van der Waals surface area contributed by atoms with Crippen LogP contribution in [0.5, 0.6) is 0 Å². The monoisotopic (exact) mass is 1280 g/mol. The highest BCUT2D eigenvalue weighted by atomic mass is 16.7. The largest absolute Gasteiger partial charge is 0.394 e. The number of hydrogen-bond donors (Lipinski definition) is 9. The van der Waals surface area contributed by atoms with Crippen molar-refractivity contribution in [3.05, 3.63) is 24.3 Å². The molecule has 0 aromatic carbocycles. The van der Waals surface area contributed by atoms with Gasteiger partial charge in [0.05, 0.1) is 32.0 Å². The predicted octanol–water partition coefficient (Wildman–Crippen LogP) is 16.7. The Bertz CT molecular complexity index is 1600. The van der Waals surface area contributed by atoms with Crippen LogP contribution in [0, 0.1) is 0 Å². The molecule has 2 aliphatic rings. The van der Waals surface area contributed by atoms with E-state index in [0.29, 0.717) is 12.8 Å². The van der Waals surface area contributed by atoms with Crippen molar-refractivity contribution in [1.82, 2.24) is 5.32 Å². The van der Waals surface area contributed by atoms with Gasteiger partial charge in [-0.05, 0) is 32.1 Å². The Morgan fingerprint density at radius 1 is 0.389 bits per heavy atom. The number of allylic oxidation sites excluding steroid dienone is 3. The number of unbranched alkanes of at least 4 members (excludes halogenated alkanes) is 50. The fourth-order valence-corrected chi connectivity index (χ4v) is 13.0. The van der Waals surface area contributed by atoms with Crippen molar-refractivity contribution in [3.8, 4) is 0 Å². The van der Waals surface area contributed by atoms with Crippen LogP contribution in [-0.2, 0) is 23.7 Å². The minimum absolute atomic E-state index is 0.241. The number of ether oxygens (including phenoxy) is 4. The predicted molar refractivity (Wildman–Crippen MR) is 369 cm³/mol. The molecular formula is C76H145NO13. The Labute approximate surface area is 551 Å². The lowest BCUT2D eigenvalue weighted by molar-refractivity contribution is -0.359. The SMILES string of the molecule is CCCCCCCCCCCCC/C=C/CC/C=C/C(O)C(COC1OC(CO)C(OC2OC(CO)C(O)C(O)C2O)C(O)C1O)NC(=O)CCCCCCCCCCCCCCCCCCCCCCCCCCCCCCCCCCCCCCCCC. The number of amides is 1. The Morgan fingerprint density at radius 2 is 0.711 bits per heavy atom. The molecule has 14 heteroatoms. The molecule has 2 heterocycles. The number of nitrogens with one attached hydrogen (secondary N) is 1. The van der Waals surface area contributed by atoms with Gasteiger partial charge >= 0.3 is 0 Å². The maximum atomic E-state index is 13.3. The normalized spacial score (nSPS) is 23.0. The topological polar surface area (TPSA) is 228 Å². The van der Waals surface area contributed by atoms with Crippen molar-refractivity contribution in [2.24, 2.45) is 0 Å². The third kappa shape index (κ3) is 44.3. The number of hydrogen-bond acceptors (Lipinski definition) is 13. The summed E-state index contributed by atoms with van der Waals surface area (Å²) in [7, 11) is 0. The van der Waals surface area contributed by atoms with Crippen molar-refractivity contribution >= 4 is 5.91 Å². The van der Waals surface area contributed by atoms with Gasteiger partial charge in [0.15, 0.2) is 12.6 Å². The fraction of sp³-hybridized carbons (Fsp3) is 0.934. The van der Waals surface area contributed by atoms with E-state index in [0.717, 1.165) is 32.1 Å². The molecule has 14 nitrogen and oxygen atoms in total. The molecule has 0 radical (unpaired) electrons. The van der Waals surface area contributed by atoms with Crippen molar-refractivity contribution in [2.45, 2.75) is 434 Å². The second-order valence-corrected chi connectivity index (χ2v) is 27.5. The van der Waals surface area contributed by atoms with Gasteiger partial charge in [0.2, 0.25) is 5.91 Å². The van der Waals surface area contributed by atoms with Crippen molar-refractivity contribution in [3.63, 3.8) is 0 Å². The van der Waals surface area contributed by atoms with Crippen LogP contribution < -0.4 is 5.32 Å². The van der Waals surface area contributed by atoms with Crippen LogP contribution in [0.1, 0.15) is 361 Å². The average Bonchev–Trinajstić information content (AvgIpc) is 2.47. The summed E-state index contributed by atoms with van der Waals surface area (Å²) in [6, 6.07) is -0.929. The van der Waals surface area contributed by atoms with Gasteiger partial charge in [-0.2, -0.15) is 0 Å². The molecule has 0 bridgehead atoms. The van der Waals surface area contributed by atoms with Crippen LogP contribution >= 0.6 is 0 Å². The molecule has 0 aliphatic carbocycles. The molecule has 12 unspecified atom stereocenters. The molecule has 0 spiro atoms. The van der Waals surface area contributed by atoms with E-state index in [2.05, 4.69) is 31.3 Å². The van der Waals surface area contributed by atoms with Gasteiger partial charge < -0.3 is 65.1 Å². The molecule has 2 saturated heterocycles. The molecule has 2 fully saturated rings. The zero-order valence-electron chi connectivity index (χ0n) is 58.2. The average molecular weight is 1280 g/mol. The molecule has 0 saturated carbocycles. The Kier molecular flexibility index (Phi) is 57.4. The van der Waals surface area contributed by atoms with Crippen LogP contribution in [0.25, 0.3) is 0 Å². The molecule has 90 heavy (non-hydrogen) atoms. The molecule has 1 amide bonds. The molecule has 2 rings (SSSR count). The Morgan fingerprint density at radius 3 is 1.09 bits per heavy atom. The second kappa shape index (κ2) is 61.1. The standard InChI is InChI=1S/C76H145NO13/c1-3-5-7-9-11-13-15-17-19-21-22-23-24-25-26-27-28-29-30-31-32-33-34-35-36-37-38-39-40-41-42-44-46-48-50-52-54-56-58-60-68(81)77-64(65(80)59-57-55-53-51-49-47-45-43-20-18-16-14-12-10-8-6-4-2)63-87-75-73(86)71(84)74(67(62-79)89-75)90-76-72(85)70(83)69(82)66(61-78)88-76/h49,51,57,59,64-67,69-76,78-80,82-86H,3-48,50,52-56,58,60-63H2,1-2H3,(H,77,81)/b51-49+,59-57+. The molecule has 0 aromatic rings. The molecular weight excluding hydrogens is 1130 g/mol. The van der Waals surface area contributed by atoms with Gasteiger partial charge in [-0.15, -0.1) is 0 Å². The highest BCUT2D eigenvalue weighted by molar-refractivity contribution is 5.76. The summed E-state index contributed by atoms with van der Waals surface area (Å²) in [5.74, 6) is -0.241. The van der Waals surface area contributed by atoms with Crippen molar-refractivity contribution in [1.29, 1.82) is 0 Å². The van der Waals surface area contributed by atoms with E-state index in [4.69, 9.17) is 18.9 Å². The Balaban J connectivity index is 1.56. The van der Waals surface area contributed by atoms with Crippen LogP contribution in [0.2, 0.25) is 0 Å². The smallest absolute Gasteiger partial charge is 0.220 e. The molecule has 532 valence electrons. The molecule has 0 aromatic heterocycles. The number of carbonyl (C=O) groups excluding carboxylic acids is 1. The lowest BCUT2D eigenvalue weighted by Crippen LogP contribution is -2.65. The van der Waals surface area contributed by atoms with Crippen LogP contribution in [0.4, 0.5) is 0 Å². The summed E-state index contributed by atoms with van der Waals surface area (Å²) in [6.07, 6.45) is 61.4. The first-order chi connectivity index (χ1) is 44.1. The summed E-state index contributed by atoms with van der Waals surface area (Å²) < 4.78 is 22.8. The molecule has 2 aliphatic heterocycles. The van der Waals surface area contributed by atoms with Gasteiger partial charge in [0.25, 0.3) is 0 Å². The summed E-state index contributed by atoms with van der Waals surface area (Å²) in [4.78, 5) is 13.3. The van der Waals surface area contributed by atoms with Gasteiger partial charge in [0.1, 0.15) is 48.8 Å². The number of rotatable bonds is 65. The molecule has 9 N–H and O–H groups in total. The van der Waals surface area contributed by atoms with E-state index in [1.807, 2.05) is 6.08 Å². The lowest BCUT2D eigenvalue weighted by Gasteiger charge is -2.46. The van der Waals surface area contributed by atoms with Gasteiger partial charge in [-0.25, -0.2) is 0 Å². The van der Waals surface area contributed by atoms with E-state index in [-0.39, 0.29) is 18.9 Å². The second-order valence-electron chi connectivity index (χ2n) is 27.5. The summed E-state index contributed by atoms with van der Waals surface area (Å²) in [5.41, 5.74) is 0. The third-order valence-electron chi connectivity index (χ3n) is 19.1. The zero-order chi connectivity index (χ0) is 65.2. The summed E-state index contributed by atoms with van der Waals surface area (Å²) in [6.45, 7) is 2.83. The number of aliphatic hydroxyl groups is 8. The quantitative estimate of drug-likeness (QED) is 0.0204. The first kappa shape index (κ1) is 84.6.